The van der Waals surface area contributed by atoms with Crippen LogP contribution in [-0.2, 0) is 6.42 Å². The van der Waals surface area contributed by atoms with E-state index in [-0.39, 0.29) is 11.8 Å². The molecule has 0 aromatic heterocycles. The molecule has 3 aromatic carbocycles. The Hall–Kier alpha value is -2.94. The molecule has 3 heteroatoms. The van der Waals surface area contributed by atoms with E-state index in [0.717, 1.165) is 17.2 Å². The van der Waals surface area contributed by atoms with E-state index in [4.69, 9.17) is 0 Å². The summed E-state index contributed by atoms with van der Waals surface area (Å²) in [6.45, 7) is 2.07. The van der Waals surface area contributed by atoms with Gasteiger partial charge in [0.05, 0.1) is 16.8 Å². The molecule has 23 heavy (non-hydrogen) atoms. The highest BCUT2D eigenvalue weighted by Crippen LogP contribution is 2.31. The minimum Gasteiger partial charge on any atom is -0.268 e. The molecule has 1 aliphatic rings. The molecule has 0 bridgehead atoms. The lowest BCUT2D eigenvalue weighted by Gasteiger charge is -2.14. The lowest BCUT2D eigenvalue weighted by molar-refractivity contribution is 0.0926. The van der Waals surface area contributed by atoms with Crippen LogP contribution in [0.5, 0.6) is 0 Å². The van der Waals surface area contributed by atoms with Crippen LogP contribution < -0.4 is 4.90 Å². The fraction of sp³-hybridized carbons (Fsp3) is 0.100. The van der Waals surface area contributed by atoms with Crippen molar-refractivity contribution >= 4 is 28.3 Å². The second-order valence-corrected chi connectivity index (χ2v) is 5.71. The van der Waals surface area contributed by atoms with Crippen LogP contribution in [0, 0.1) is 0 Å². The number of carbonyl (C=O) groups excluding carboxylic acids is 2. The van der Waals surface area contributed by atoms with Gasteiger partial charge in [0, 0.05) is 0 Å². The zero-order valence-electron chi connectivity index (χ0n) is 12.7. The molecule has 112 valence electrons. The third kappa shape index (κ3) is 2.05. The van der Waals surface area contributed by atoms with Crippen molar-refractivity contribution in [2.75, 3.05) is 4.90 Å². The minimum atomic E-state index is -0.250. The van der Waals surface area contributed by atoms with E-state index in [1.165, 1.54) is 10.5 Å². The Morgan fingerprint density at radius 3 is 1.78 bits per heavy atom. The van der Waals surface area contributed by atoms with Crippen LogP contribution >= 0.6 is 0 Å². The number of carbonyl (C=O) groups is 2. The first kappa shape index (κ1) is 13.7. The van der Waals surface area contributed by atoms with Gasteiger partial charge in [-0.1, -0.05) is 43.3 Å². The van der Waals surface area contributed by atoms with Gasteiger partial charge in [0.15, 0.2) is 0 Å². The van der Waals surface area contributed by atoms with E-state index in [2.05, 4.69) is 6.92 Å². The number of rotatable bonds is 2. The fourth-order valence-corrected chi connectivity index (χ4v) is 3.04. The maximum absolute atomic E-state index is 12.7. The number of aryl methyl sites for hydroxylation is 1. The Balaban J connectivity index is 1.83. The van der Waals surface area contributed by atoms with Gasteiger partial charge < -0.3 is 0 Å². The monoisotopic (exact) mass is 301 g/mol. The van der Waals surface area contributed by atoms with Gasteiger partial charge in [-0.25, -0.2) is 4.90 Å². The highest BCUT2D eigenvalue weighted by molar-refractivity contribution is 6.35. The topological polar surface area (TPSA) is 37.4 Å². The van der Waals surface area contributed by atoms with Gasteiger partial charge in [-0.15, -0.1) is 0 Å². The van der Waals surface area contributed by atoms with Gasteiger partial charge >= 0.3 is 0 Å². The van der Waals surface area contributed by atoms with Gasteiger partial charge in [0.1, 0.15) is 0 Å². The Morgan fingerprint density at radius 1 is 0.783 bits per heavy atom. The van der Waals surface area contributed by atoms with Crippen LogP contribution in [-0.4, -0.2) is 11.8 Å². The number of fused-ring (bicyclic) bond motifs is 2. The summed E-state index contributed by atoms with van der Waals surface area (Å²) in [5.41, 5.74) is 2.76. The Bertz CT molecular complexity index is 887. The standard InChI is InChI=1S/C20H15NO2/c1-2-13-7-9-16(10-8-13)21-19(22)17-11-14-5-3-4-6-15(14)12-18(17)20(21)23/h3-12H,2H2,1H3. The van der Waals surface area contributed by atoms with Crippen LogP contribution in [0.4, 0.5) is 5.69 Å². The molecular weight excluding hydrogens is 286 g/mol. The first-order valence-electron chi connectivity index (χ1n) is 7.69. The second-order valence-electron chi connectivity index (χ2n) is 5.71. The summed E-state index contributed by atoms with van der Waals surface area (Å²) >= 11 is 0. The summed E-state index contributed by atoms with van der Waals surface area (Å²) in [6.07, 6.45) is 0.924. The summed E-state index contributed by atoms with van der Waals surface area (Å²) in [5.74, 6) is -0.500. The van der Waals surface area contributed by atoms with Crippen molar-refractivity contribution < 1.29 is 9.59 Å². The lowest BCUT2D eigenvalue weighted by Crippen LogP contribution is -2.29. The predicted molar refractivity (Wildman–Crippen MR) is 90.9 cm³/mol. The molecule has 0 spiro atoms. The molecule has 3 nitrogen and oxygen atoms in total. The minimum absolute atomic E-state index is 0.250. The first-order chi connectivity index (χ1) is 11.2. The van der Waals surface area contributed by atoms with E-state index in [0.29, 0.717) is 16.8 Å². The van der Waals surface area contributed by atoms with Crippen molar-refractivity contribution in [3.8, 4) is 0 Å². The largest absolute Gasteiger partial charge is 0.268 e. The predicted octanol–water partition coefficient (Wildman–Crippen LogP) is 4.20. The van der Waals surface area contributed by atoms with Crippen LogP contribution in [0.2, 0.25) is 0 Å². The van der Waals surface area contributed by atoms with Gasteiger partial charge in [0.2, 0.25) is 0 Å². The molecule has 0 radical (unpaired) electrons. The molecule has 1 aliphatic heterocycles. The van der Waals surface area contributed by atoms with Gasteiger partial charge in [-0.2, -0.15) is 0 Å². The Labute approximate surface area is 134 Å². The quantitative estimate of drug-likeness (QED) is 0.665. The molecule has 3 aromatic rings. The van der Waals surface area contributed by atoms with Crippen LogP contribution in [0.1, 0.15) is 33.2 Å². The number of imide groups is 1. The number of hydrogen-bond donors (Lipinski definition) is 0. The van der Waals surface area contributed by atoms with E-state index in [1.807, 2.05) is 60.7 Å². The highest BCUT2D eigenvalue weighted by atomic mass is 16.2. The van der Waals surface area contributed by atoms with Gasteiger partial charge in [-0.05, 0) is 47.0 Å². The zero-order valence-corrected chi connectivity index (χ0v) is 12.7. The number of benzene rings is 3. The number of nitrogens with zero attached hydrogens (tertiary/aromatic N) is 1. The molecule has 0 atom stereocenters. The van der Waals surface area contributed by atoms with Crippen molar-refractivity contribution in [3.05, 3.63) is 77.4 Å². The summed E-state index contributed by atoms with van der Waals surface area (Å²) in [6, 6.07) is 19.0. The number of hydrogen-bond acceptors (Lipinski definition) is 2. The summed E-state index contributed by atoms with van der Waals surface area (Å²) in [5, 5.41) is 1.94. The average Bonchev–Trinajstić information content (AvgIpc) is 2.84. The van der Waals surface area contributed by atoms with Crippen LogP contribution in [0.15, 0.2) is 60.7 Å². The van der Waals surface area contributed by atoms with Gasteiger partial charge in [-0.3, -0.25) is 9.59 Å². The smallest absolute Gasteiger partial charge is 0.266 e. The molecule has 0 N–H and O–H groups in total. The molecule has 0 unspecified atom stereocenters. The maximum Gasteiger partial charge on any atom is 0.266 e. The van der Waals surface area contributed by atoms with Crippen molar-refractivity contribution in [2.24, 2.45) is 0 Å². The molecule has 0 saturated heterocycles. The number of anilines is 1. The van der Waals surface area contributed by atoms with E-state index >= 15 is 0 Å². The highest BCUT2D eigenvalue weighted by Gasteiger charge is 2.36. The average molecular weight is 301 g/mol. The number of amides is 2. The van der Waals surface area contributed by atoms with Crippen molar-refractivity contribution in [1.29, 1.82) is 0 Å². The molecule has 1 heterocycles. The second kappa shape index (κ2) is 5.06. The maximum atomic E-state index is 12.7. The summed E-state index contributed by atoms with van der Waals surface area (Å²) in [4.78, 5) is 26.7. The zero-order chi connectivity index (χ0) is 16.0. The summed E-state index contributed by atoms with van der Waals surface area (Å²) in [7, 11) is 0. The van der Waals surface area contributed by atoms with Crippen molar-refractivity contribution in [3.63, 3.8) is 0 Å². The molecular formula is C20H15NO2. The fourth-order valence-electron chi connectivity index (χ4n) is 3.04. The van der Waals surface area contributed by atoms with Gasteiger partial charge in [0.25, 0.3) is 11.8 Å². The Kier molecular flexibility index (Phi) is 3.01. The first-order valence-corrected chi connectivity index (χ1v) is 7.69. The third-order valence-electron chi connectivity index (χ3n) is 4.36. The van der Waals surface area contributed by atoms with Crippen molar-refractivity contribution in [2.45, 2.75) is 13.3 Å². The Morgan fingerprint density at radius 2 is 1.30 bits per heavy atom. The third-order valence-corrected chi connectivity index (χ3v) is 4.36. The normalized spacial score (nSPS) is 13.7. The van der Waals surface area contributed by atoms with Crippen molar-refractivity contribution in [1.82, 2.24) is 0 Å². The molecule has 0 fully saturated rings. The SMILES string of the molecule is CCc1ccc(N2C(=O)c3cc4ccccc4cc3C2=O)cc1. The van der Waals surface area contributed by atoms with E-state index < -0.39 is 0 Å². The molecule has 0 aliphatic carbocycles. The van der Waals surface area contributed by atoms with Crippen LogP contribution in [0.25, 0.3) is 10.8 Å². The van der Waals surface area contributed by atoms with E-state index in [1.54, 1.807) is 0 Å². The van der Waals surface area contributed by atoms with E-state index in [9.17, 15) is 9.59 Å². The molecule has 0 saturated carbocycles. The molecule has 4 rings (SSSR count). The van der Waals surface area contributed by atoms with Crippen LogP contribution in [0.3, 0.4) is 0 Å². The molecule has 2 amide bonds. The summed E-state index contributed by atoms with van der Waals surface area (Å²) < 4.78 is 0. The lowest BCUT2D eigenvalue weighted by atomic mass is 10.0.